The summed E-state index contributed by atoms with van der Waals surface area (Å²) < 4.78 is 0. The van der Waals surface area contributed by atoms with Gasteiger partial charge in [-0.25, -0.2) is 4.90 Å². The van der Waals surface area contributed by atoms with Crippen molar-refractivity contribution >= 4 is 40.7 Å². The molecule has 5 heteroatoms. The summed E-state index contributed by atoms with van der Waals surface area (Å²) in [5, 5.41) is -0.446. The fourth-order valence-electron chi connectivity index (χ4n) is 1.84. The van der Waals surface area contributed by atoms with Crippen molar-refractivity contribution in [2.45, 2.75) is 13.8 Å². The predicted molar refractivity (Wildman–Crippen MR) is 67.1 cm³/mol. The SMILES string of the molecule is Cc1cccc(C)c1N1C(=O)C(Cl)=C(Cl)C1=O. The minimum atomic E-state index is -0.570. The Morgan fingerprint density at radius 2 is 1.35 bits per heavy atom. The van der Waals surface area contributed by atoms with Gasteiger partial charge in [0.05, 0.1) is 5.69 Å². The van der Waals surface area contributed by atoms with Crippen molar-refractivity contribution in [1.29, 1.82) is 0 Å². The van der Waals surface area contributed by atoms with Gasteiger partial charge >= 0.3 is 0 Å². The Labute approximate surface area is 109 Å². The number of imide groups is 1. The van der Waals surface area contributed by atoms with E-state index in [-0.39, 0.29) is 10.1 Å². The van der Waals surface area contributed by atoms with Gasteiger partial charge in [0.1, 0.15) is 10.1 Å². The fraction of sp³-hybridized carbons (Fsp3) is 0.167. The number of rotatable bonds is 1. The monoisotopic (exact) mass is 269 g/mol. The molecule has 1 aliphatic rings. The lowest BCUT2D eigenvalue weighted by Gasteiger charge is -2.19. The molecule has 0 radical (unpaired) electrons. The molecular formula is C12H9Cl2NO2. The van der Waals surface area contributed by atoms with E-state index >= 15 is 0 Å². The second kappa shape index (κ2) is 4.17. The van der Waals surface area contributed by atoms with Gasteiger partial charge in [0.2, 0.25) is 0 Å². The average Bonchev–Trinajstić information content (AvgIpc) is 2.46. The summed E-state index contributed by atoms with van der Waals surface area (Å²) in [4.78, 5) is 24.7. The van der Waals surface area contributed by atoms with Crippen molar-refractivity contribution in [2.24, 2.45) is 0 Å². The van der Waals surface area contributed by atoms with Gasteiger partial charge in [0.15, 0.2) is 0 Å². The number of aryl methyl sites for hydroxylation is 2. The molecule has 2 rings (SSSR count). The van der Waals surface area contributed by atoms with Crippen LogP contribution < -0.4 is 4.90 Å². The van der Waals surface area contributed by atoms with E-state index in [1.54, 1.807) is 0 Å². The van der Waals surface area contributed by atoms with Gasteiger partial charge in [-0.2, -0.15) is 0 Å². The van der Waals surface area contributed by atoms with E-state index in [9.17, 15) is 9.59 Å². The lowest BCUT2D eigenvalue weighted by atomic mass is 10.1. The average molecular weight is 270 g/mol. The molecule has 1 aromatic rings. The first kappa shape index (κ1) is 12.1. The number of hydrogen-bond acceptors (Lipinski definition) is 2. The highest BCUT2D eigenvalue weighted by Gasteiger charge is 2.38. The summed E-state index contributed by atoms with van der Waals surface area (Å²) in [7, 11) is 0. The van der Waals surface area contributed by atoms with Crippen molar-refractivity contribution in [1.82, 2.24) is 0 Å². The first-order valence-electron chi connectivity index (χ1n) is 4.95. The summed E-state index contributed by atoms with van der Waals surface area (Å²) in [5.41, 5.74) is 2.20. The van der Waals surface area contributed by atoms with Crippen LogP contribution in [0.2, 0.25) is 0 Å². The minimum Gasteiger partial charge on any atom is -0.267 e. The van der Waals surface area contributed by atoms with Crippen LogP contribution in [0.25, 0.3) is 0 Å². The largest absolute Gasteiger partial charge is 0.278 e. The van der Waals surface area contributed by atoms with E-state index in [1.807, 2.05) is 32.0 Å². The quantitative estimate of drug-likeness (QED) is 0.736. The maximum absolute atomic E-state index is 11.9. The highest BCUT2D eigenvalue weighted by Crippen LogP contribution is 2.34. The molecule has 0 unspecified atom stereocenters. The maximum Gasteiger partial charge on any atom is 0.278 e. The number of carbonyl (C=O) groups is 2. The molecule has 0 saturated heterocycles. The molecule has 0 aliphatic carbocycles. The number of halogens is 2. The third kappa shape index (κ3) is 1.75. The van der Waals surface area contributed by atoms with Crippen molar-refractivity contribution < 1.29 is 9.59 Å². The van der Waals surface area contributed by atoms with Crippen LogP contribution in [-0.4, -0.2) is 11.8 Å². The molecule has 1 heterocycles. The van der Waals surface area contributed by atoms with E-state index < -0.39 is 11.8 Å². The number of anilines is 1. The van der Waals surface area contributed by atoms with Crippen LogP contribution in [0, 0.1) is 13.8 Å². The summed E-state index contributed by atoms with van der Waals surface area (Å²) in [6, 6.07) is 5.50. The molecule has 0 fully saturated rings. The van der Waals surface area contributed by atoms with Crippen LogP contribution in [0.5, 0.6) is 0 Å². The normalized spacial score (nSPS) is 16.1. The Morgan fingerprint density at radius 1 is 0.941 bits per heavy atom. The van der Waals surface area contributed by atoms with Gasteiger partial charge in [-0.3, -0.25) is 9.59 Å². The Kier molecular flexibility index (Phi) is 2.98. The van der Waals surface area contributed by atoms with Gasteiger partial charge in [-0.1, -0.05) is 41.4 Å². The molecule has 2 amide bonds. The van der Waals surface area contributed by atoms with E-state index in [0.717, 1.165) is 16.0 Å². The molecule has 0 N–H and O–H groups in total. The number of amides is 2. The number of nitrogens with zero attached hydrogens (tertiary/aromatic N) is 1. The molecule has 0 aromatic heterocycles. The van der Waals surface area contributed by atoms with Crippen LogP contribution >= 0.6 is 23.2 Å². The second-order valence-electron chi connectivity index (χ2n) is 3.81. The number of hydrogen-bond donors (Lipinski definition) is 0. The summed E-state index contributed by atoms with van der Waals surface area (Å²) in [6.07, 6.45) is 0. The zero-order chi connectivity index (χ0) is 12.7. The lowest BCUT2D eigenvalue weighted by Crippen LogP contribution is -2.32. The topological polar surface area (TPSA) is 37.4 Å². The Bertz CT molecular complexity index is 519. The van der Waals surface area contributed by atoms with Crippen LogP contribution in [0.15, 0.2) is 28.3 Å². The van der Waals surface area contributed by atoms with Crippen molar-refractivity contribution in [2.75, 3.05) is 4.90 Å². The maximum atomic E-state index is 11.9. The molecule has 0 spiro atoms. The highest BCUT2D eigenvalue weighted by atomic mass is 35.5. The third-order valence-corrected chi connectivity index (χ3v) is 3.44. The lowest BCUT2D eigenvalue weighted by molar-refractivity contribution is -0.120. The smallest absolute Gasteiger partial charge is 0.267 e. The fourth-order valence-corrected chi connectivity index (χ4v) is 2.17. The zero-order valence-electron chi connectivity index (χ0n) is 9.25. The molecule has 0 saturated carbocycles. The van der Waals surface area contributed by atoms with Gasteiger partial charge < -0.3 is 0 Å². The predicted octanol–water partition coefficient (Wildman–Crippen LogP) is 2.87. The van der Waals surface area contributed by atoms with Crippen LogP contribution in [-0.2, 0) is 9.59 Å². The Balaban J connectivity index is 2.58. The van der Waals surface area contributed by atoms with Crippen LogP contribution in [0.3, 0.4) is 0 Å². The van der Waals surface area contributed by atoms with Crippen LogP contribution in [0.1, 0.15) is 11.1 Å². The first-order valence-corrected chi connectivity index (χ1v) is 5.71. The van der Waals surface area contributed by atoms with E-state index in [4.69, 9.17) is 23.2 Å². The van der Waals surface area contributed by atoms with E-state index in [0.29, 0.717) is 5.69 Å². The molecular weight excluding hydrogens is 261 g/mol. The molecule has 88 valence electrons. The Hall–Kier alpha value is -1.32. The highest BCUT2D eigenvalue weighted by molar-refractivity contribution is 6.62. The minimum absolute atomic E-state index is 0.223. The molecule has 3 nitrogen and oxygen atoms in total. The molecule has 1 aliphatic heterocycles. The van der Waals surface area contributed by atoms with Gasteiger partial charge in [-0.05, 0) is 25.0 Å². The number of carbonyl (C=O) groups excluding carboxylic acids is 2. The summed E-state index contributed by atoms with van der Waals surface area (Å²) >= 11 is 11.4. The van der Waals surface area contributed by atoms with Gasteiger partial charge in [0, 0.05) is 0 Å². The molecule has 17 heavy (non-hydrogen) atoms. The molecule has 1 aromatic carbocycles. The molecule has 0 bridgehead atoms. The van der Waals surface area contributed by atoms with E-state index in [1.165, 1.54) is 0 Å². The molecule has 0 atom stereocenters. The summed E-state index contributed by atoms with van der Waals surface area (Å²) in [5.74, 6) is -1.14. The van der Waals surface area contributed by atoms with Crippen molar-refractivity contribution in [3.8, 4) is 0 Å². The zero-order valence-corrected chi connectivity index (χ0v) is 10.8. The standard InChI is InChI=1S/C12H9Cl2NO2/c1-6-4-3-5-7(2)10(6)15-11(16)8(13)9(14)12(15)17/h3-5H,1-2H3. The van der Waals surface area contributed by atoms with Gasteiger partial charge in [-0.15, -0.1) is 0 Å². The number of benzene rings is 1. The van der Waals surface area contributed by atoms with Crippen molar-refractivity contribution in [3.63, 3.8) is 0 Å². The summed E-state index contributed by atoms with van der Waals surface area (Å²) in [6.45, 7) is 3.64. The third-order valence-electron chi connectivity index (χ3n) is 2.64. The van der Waals surface area contributed by atoms with E-state index in [2.05, 4.69) is 0 Å². The number of para-hydroxylation sites is 1. The van der Waals surface area contributed by atoms with Crippen molar-refractivity contribution in [3.05, 3.63) is 39.4 Å². The van der Waals surface area contributed by atoms with Gasteiger partial charge in [0.25, 0.3) is 11.8 Å². The van der Waals surface area contributed by atoms with Crippen LogP contribution in [0.4, 0.5) is 5.69 Å². The second-order valence-corrected chi connectivity index (χ2v) is 4.57. The first-order chi connectivity index (χ1) is 7.95. The Morgan fingerprint density at radius 3 is 1.76 bits per heavy atom.